The maximum Gasteiger partial charge on any atom is 0.413 e. The van der Waals surface area contributed by atoms with Gasteiger partial charge in [-0.05, 0) is 32.9 Å². The third-order valence-corrected chi connectivity index (χ3v) is 3.18. The Morgan fingerprint density at radius 2 is 2.09 bits per heavy atom. The van der Waals surface area contributed by atoms with E-state index in [-0.39, 0.29) is 0 Å². The van der Waals surface area contributed by atoms with Crippen LogP contribution in [0.25, 0.3) is 0 Å². The van der Waals surface area contributed by atoms with E-state index in [1.165, 1.54) is 0 Å². The van der Waals surface area contributed by atoms with Gasteiger partial charge < -0.3 is 10.1 Å². The predicted octanol–water partition coefficient (Wildman–Crippen LogP) is 3.43. The van der Waals surface area contributed by atoms with E-state index in [4.69, 9.17) is 16.3 Å². The lowest BCUT2D eigenvalue weighted by molar-refractivity contribution is 0.0635. The molecule has 2 N–H and O–H groups in total. The van der Waals surface area contributed by atoms with Crippen LogP contribution < -0.4 is 10.6 Å². The van der Waals surface area contributed by atoms with Gasteiger partial charge in [0.25, 0.3) is 0 Å². The van der Waals surface area contributed by atoms with Gasteiger partial charge in [-0.1, -0.05) is 11.6 Å². The molecule has 1 amide bonds. The Kier molecular flexibility index (Phi) is 5.10. The van der Waals surface area contributed by atoms with Gasteiger partial charge >= 0.3 is 6.09 Å². The molecule has 0 fully saturated rings. The molecule has 7 nitrogen and oxygen atoms in total. The minimum Gasteiger partial charge on any atom is -0.444 e. The van der Waals surface area contributed by atoms with Crippen LogP contribution >= 0.6 is 11.6 Å². The van der Waals surface area contributed by atoms with Crippen molar-refractivity contribution in [2.75, 3.05) is 10.6 Å². The molecule has 0 atom stereocenters. The standard InChI is InChI=1S/C15H20ClN5O2/c1-15(2,3)23-14(22)20-13-6-5-10(7-18-13)17-9-12-11(16)8-19-21(12)4/h5-8,17H,9H2,1-4H3,(H,18,20,22). The van der Waals surface area contributed by atoms with Crippen molar-refractivity contribution in [2.45, 2.75) is 32.9 Å². The second kappa shape index (κ2) is 6.87. The summed E-state index contributed by atoms with van der Waals surface area (Å²) in [6, 6.07) is 3.50. The van der Waals surface area contributed by atoms with E-state index in [9.17, 15) is 4.79 Å². The number of nitrogens with one attached hydrogen (secondary N) is 2. The van der Waals surface area contributed by atoms with Gasteiger partial charge in [0.1, 0.15) is 11.4 Å². The minimum atomic E-state index is -0.548. The Bertz CT molecular complexity index is 657. The van der Waals surface area contributed by atoms with Gasteiger partial charge in [0.15, 0.2) is 0 Å². The molecule has 2 aromatic rings. The Morgan fingerprint density at radius 1 is 1.35 bits per heavy atom. The molecule has 23 heavy (non-hydrogen) atoms. The third-order valence-electron chi connectivity index (χ3n) is 2.86. The average Bonchev–Trinajstić information content (AvgIpc) is 2.75. The highest BCUT2D eigenvalue weighted by atomic mass is 35.5. The molecule has 0 bridgehead atoms. The van der Waals surface area contributed by atoms with Crippen molar-refractivity contribution in [1.82, 2.24) is 14.8 Å². The molecule has 0 aromatic carbocycles. The number of anilines is 2. The molecule has 8 heteroatoms. The quantitative estimate of drug-likeness (QED) is 0.893. The summed E-state index contributed by atoms with van der Waals surface area (Å²) in [6.07, 6.45) is 2.69. The first-order valence-electron chi connectivity index (χ1n) is 7.11. The zero-order valence-corrected chi connectivity index (χ0v) is 14.3. The van der Waals surface area contributed by atoms with Crippen molar-refractivity contribution in [1.29, 1.82) is 0 Å². The van der Waals surface area contributed by atoms with Gasteiger partial charge in [-0.15, -0.1) is 0 Å². The molecule has 0 saturated heterocycles. The monoisotopic (exact) mass is 337 g/mol. The van der Waals surface area contributed by atoms with E-state index in [2.05, 4.69) is 20.7 Å². The summed E-state index contributed by atoms with van der Waals surface area (Å²) in [4.78, 5) is 15.8. The summed E-state index contributed by atoms with van der Waals surface area (Å²) in [5.41, 5.74) is 1.13. The Morgan fingerprint density at radius 3 is 2.61 bits per heavy atom. The number of carbonyl (C=O) groups excluding carboxylic acids is 1. The van der Waals surface area contributed by atoms with Crippen LogP contribution in [0.5, 0.6) is 0 Å². The Labute approximate surface area is 140 Å². The summed E-state index contributed by atoms with van der Waals surface area (Å²) in [6.45, 7) is 5.93. The number of ether oxygens (including phenoxy) is 1. The number of aryl methyl sites for hydroxylation is 1. The van der Waals surface area contributed by atoms with Crippen LogP contribution in [-0.2, 0) is 18.3 Å². The van der Waals surface area contributed by atoms with E-state index in [0.29, 0.717) is 17.4 Å². The minimum absolute atomic E-state index is 0.420. The number of carbonyl (C=O) groups is 1. The molecule has 2 rings (SSSR count). The van der Waals surface area contributed by atoms with Crippen LogP contribution in [0.3, 0.4) is 0 Å². The van der Waals surface area contributed by atoms with Gasteiger partial charge in [0.05, 0.1) is 35.3 Å². The van der Waals surface area contributed by atoms with E-state index in [1.54, 1.807) is 43.9 Å². The highest BCUT2D eigenvalue weighted by Gasteiger charge is 2.16. The normalized spacial score (nSPS) is 11.2. The van der Waals surface area contributed by atoms with Crippen molar-refractivity contribution in [3.05, 3.63) is 35.2 Å². The molecule has 0 aliphatic rings. The van der Waals surface area contributed by atoms with Crippen LogP contribution in [0, 0.1) is 0 Å². The largest absolute Gasteiger partial charge is 0.444 e. The Balaban J connectivity index is 1.91. The van der Waals surface area contributed by atoms with E-state index in [0.717, 1.165) is 11.4 Å². The molecule has 0 saturated carbocycles. The summed E-state index contributed by atoms with van der Waals surface area (Å²) in [5.74, 6) is 0.420. The Hall–Kier alpha value is -2.28. The maximum absolute atomic E-state index is 11.7. The number of rotatable bonds is 4. The van der Waals surface area contributed by atoms with Crippen molar-refractivity contribution in [3.8, 4) is 0 Å². The van der Waals surface area contributed by atoms with Crippen molar-refractivity contribution in [3.63, 3.8) is 0 Å². The fraction of sp³-hybridized carbons (Fsp3) is 0.400. The molecule has 0 aliphatic carbocycles. The van der Waals surface area contributed by atoms with Gasteiger partial charge in [0.2, 0.25) is 0 Å². The van der Waals surface area contributed by atoms with Crippen LogP contribution in [0.1, 0.15) is 26.5 Å². The second-order valence-electron chi connectivity index (χ2n) is 5.98. The summed E-state index contributed by atoms with van der Waals surface area (Å²) < 4.78 is 6.87. The number of halogens is 1. The van der Waals surface area contributed by atoms with Crippen LogP contribution in [0.4, 0.5) is 16.3 Å². The molecule has 0 unspecified atom stereocenters. The van der Waals surface area contributed by atoms with Gasteiger partial charge in [-0.25, -0.2) is 9.78 Å². The molecule has 0 spiro atoms. The number of hydrogen-bond donors (Lipinski definition) is 2. The summed E-state index contributed by atoms with van der Waals surface area (Å²) in [7, 11) is 1.83. The highest BCUT2D eigenvalue weighted by Crippen LogP contribution is 2.17. The van der Waals surface area contributed by atoms with Crippen LogP contribution in [-0.4, -0.2) is 26.5 Å². The first-order chi connectivity index (χ1) is 10.7. The SMILES string of the molecule is Cn1ncc(Cl)c1CNc1ccc(NC(=O)OC(C)(C)C)nc1. The molecule has 124 valence electrons. The molecule has 0 aliphatic heterocycles. The lowest BCUT2D eigenvalue weighted by Crippen LogP contribution is -2.27. The predicted molar refractivity (Wildman–Crippen MR) is 89.6 cm³/mol. The summed E-state index contributed by atoms with van der Waals surface area (Å²) >= 11 is 6.05. The van der Waals surface area contributed by atoms with E-state index in [1.807, 2.05) is 13.1 Å². The molecular weight excluding hydrogens is 318 g/mol. The lowest BCUT2D eigenvalue weighted by atomic mass is 10.2. The number of aromatic nitrogens is 3. The smallest absolute Gasteiger partial charge is 0.413 e. The number of hydrogen-bond acceptors (Lipinski definition) is 5. The van der Waals surface area contributed by atoms with E-state index < -0.39 is 11.7 Å². The van der Waals surface area contributed by atoms with E-state index >= 15 is 0 Å². The molecular formula is C15H20ClN5O2. The second-order valence-corrected chi connectivity index (χ2v) is 6.38. The van der Waals surface area contributed by atoms with Crippen LogP contribution in [0.15, 0.2) is 24.5 Å². The fourth-order valence-corrected chi connectivity index (χ4v) is 2.03. The first kappa shape index (κ1) is 17.1. The zero-order chi connectivity index (χ0) is 17.0. The highest BCUT2D eigenvalue weighted by molar-refractivity contribution is 6.31. The van der Waals surface area contributed by atoms with Gasteiger partial charge in [-0.2, -0.15) is 5.10 Å². The number of amides is 1. The topological polar surface area (TPSA) is 81.1 Å². The van der Waals surface area contributed by atoms with Crippen molar-refractivity contribution < 1.29 is 9.53 Å². The lowest BCUT2D eigenvalue weighted by Gasteiger charge is -2.19. The zero-order valence-electron chi connectivity index (χ0n) is 13.6. The van der Waals surface area contributed by atoms with Crippen LogP contribution in [0.2, 0.25) is 5.02 Å². The van der Waals surface area contributed by atoms with Gasteiger partial charge in [-0.3, -0.25) is 10.00 Å². The van der Waals surface area contributed by atoms with Gasteiger partial charge in [0, 0.05) is 7.05 Å². The third kappa shape index (κ3) is 5.14. The van der Waals surface area contributed by atoms with Crippen molar-refractivity contribution >= 4 is 29.2 Å². The molecule has 0 radical (unpaired) electrons. The molecule has 2 heterocycles. The number of nitrogens with zero attached hydrogens (tertiary/aromatic N) is 3. The fourth-order valence-electron chi connectivity index (χ4n) is 1.80. The summed E-state index contributed by atoms with van der Waals surface area (Å²) in [5, 5.41) is 10.5. The average molecular weight is 338 g/mol. The molecule has 2 aromatic heterocycles. The number of pyridine rings is 1. The maximum atomic E-state index is 11.7. The first-order valence-corrected chi connectivity index (χ1v) is 7.49. The van der Waals surface area contributed by atoms with Crippen molar-refractivity contribution in [2.24, 2.45) is 7.05 Å².